The maximum Gasteiger partial charge on any atom is 0.134 e. The molecule has 0 saturated heterocycles. The first kappa shape index (κ1) is 15.6. The minimum absolute atomic E-state index is 0.131. The highest BCUT2D eigenvalue weighted by Gasteiger charge is 2.24. The van der Waals surface area contributed by atoms with Crippen LogP contribution in [0.5, 0.6) is 0 Å². The second-order valence-corrected chi connectivity index (χ2v) is 5.00. The normalized spacial score (nSPS) is 12.4. The van der Waals surface area contributed by atoms with Gasteiger partial charge in [0.1, 0.15) is 17.5 Å². The van der Waals surface area contributed by atoms with E-state index in [1.165, 1.54) is 18.2 Å². The lowest BCUT2D eigenvalue weighted by Gasteiger charge is -2.22. The van der Waals surface area contributed by atoms with Crippen molar-refractivity contribution in [3.8, 4) is 0 Å². The lowest BCUT2D eigenvalue weighted by Crippen LogP contribution is -2.26. The summed E-state index contributed by atoms with van der Waals surface area (Å²) < 4.78 is 42.5. The van der Waals surface area contributed by atoms with E-state index in [-0.39, 0.29) is 11.1 Å². The quantitative estimate of drug-likeness (QED) is 0.855. The highest BCUT2D eigenvalue weighted by Crippen LogP contribution is 2.30. The van der Waals surface area contributed by atoms with Gasteiger partial charge >= 0.3 is 0 Å². The minimum atomic E-state index is -0.842. The highest BCUT2D eigenvalue weighted by atomic mass is 19.1. The summed E-state index contributed by atoms with van der Waals surface area (Å²) in [6.45, 7) is 4.04. The summed E-state index contributed by atoms with van der Waals surface area (Å²) >= 11 is 0. The molecular weight excluding hydrogens is 275 g/mol. The molecule has 112 valence electrons. The van der Waals surface area contributed by atoms with Crippen LogP contribution in [-0.4, -0.2) is 6.54 Å². The van der Waals surface area contributed by atoms with E-state index in [1.807, 2.05) is 6.92 Å². The van der Waals surface area contributed by atoms with Gasteiger partial charge in [-0.3, -0.25) is 0 Å². The monoisotopic (exact) mass is 293 g/mol. The average Bonchev–Trinajstić information content (AvgIpc) is 2.47. The molecule has 1 unspecified atom stereocenters. The Morgan fingerprint density at radius 3 is 2.38 bits per heavy atom. The molecule has 0 radical (unpaired) electrons. The van der Waals surface area contributed by atoms with Gasteiger partial charge in [0.2, 0.25) is 0 Å². The van der Waals surface area contributed by atoms with Crippen molar-refractivity contribution in [3.05, 3.63) is 70.5 Å². The Hall–Kier alpha value is -1.81. The number of hydrogen-bond acceptors (Lipinski definition) is 1. The van der Waals surface area contributed by atoms with Crippen molar-refractivity contribution < 1.29 is 13.2 Å². The fraction of sp³-hybridized carbons (Fsp3) is 0.294. The average molecular weight is 293 g/mol. The van der Waals surface area contributed by atoms with E-state index in [2.05, 4.69) is 5.32 Å². The van der Waals surface area contributed by atoms with Crippen LogP contribution in [0.3, 0.4) is 0 Å². The summed E-state index contributed by atoms with van der Waals surface area (Å²) in [6.07, 6.45) is 0.778. The molecule has 0 bridgehead atoms. The van der Waals surface area contributed by atoms with Crippen LogP contribution in [0.1, 0.15) is 36.1 Å². The molecule has 0 spiro atoms. The van der Waals surface area contributed by atoms with Gasteiger partial charge in [-0.25, -0.2) is 13.2 Å². The number of halogens is 3. The van der Waals surface area contributed by atoms with E-state index in [4.69, 9.17) is 0 Å². The Bertz CT molecular complexity index is 625. The van der Waals surface area contributed by atoms with Crippen LogP contribution in [0.15, 0.2) is 36.4 Å². The van der Waals surface area contributed by atoms with Crippen LogP contribution in [0.25, 0.3) is 0 Å². The molecule has 1 atom stereocenters. The fourth-order valence-electron chi connectivity index (χ4n) is 2.31. The zero-order chi connectivity index (χ0) is 15.4. The Balaban J connectivity index is 2.56. The molecule has 2 rings (SSSR count). The van der Waals surface area contributed by atoms with Crippen LogP contribution < -0.4 is 5.32 Å². The summed E-state index contributed by atoms with van der Waals surface area (Å²) in [5.41, 5.74) is 0.453. The van der Waals surface area contributed by atoms with E-state index in [0.717, 1.165) is 6.42 Å². The molecule has 0 saturated carbocycles. The van der Waals surface area contributed by atoms with Crippen molar-refractivity contribution in [1.82, 2.24) is 5.32 Å². The van der Waals surface area contributed by atoms with Gasteiger partial charge in [0, 0.05) is 11.1 Å². The molecule has 4 heteroatoms. The van der Waals surface area contributed by atoms with Crippen molar-refractivity contribution in [1.29, 1.82) is 0 Å². The van der Waals surface area contributed by atoms with Gasteiger partial charge in [-0.15, -0.1) is 0 Å². The largest absolute Gasteiger partial charge is 0.306 e. The Morgan fingerprint density at radius 1 is 1.00 bits per heavy atom. The third kappa shape index (κ3) is 3.27. The molecular formula is C17H18F3N. The smallest absolute Gasteiger partial charge is 0.134 e. The van der Waals surface area contributed by atoms with Gasteiger partial charge in [0.15, 0.2) is 0 Å². The summed E-state index contributed by atoms with van der Waals surface area (Å²) in [5.74, 6) is -1.78. The number of rotatable bonds is 5. The predicted octanol–water partition coefficient (Wildman–Crippen LogP) is 4.50. The summed E-state index contributed by atoms with van der Waals surface area (Å²) in [6, 6.07) is 7.81. The molecule has 0 amide bonds. The summed E-state index contributed by atoms with van der Waals surface area (Å²) in [7, 11) is 0. The molecule has 1 nitrogen and oxygen atoms in total. The number of aryl methyl sites for hydroxylation is 1. The first-order chi connectivity index (χ1) is 10.1. The summed E-state index contributed by atoms with van der Waals surface area (Å²) in [5, 5.41) is 3.03. The van der Waals surface area contributed by atoms with Gasteiger partial charge < -0.3 is 5.32 Å². The van der Waals surface area contributed by atoms with Crippen molar-refractivity contribution >= 4 is 0 Å². The van der Waals surface area contributed by atoms with E-state index in [9.17, 15) is 13.2 Å². The van der Waals surface area contributed by atoms with E-state index in [0.29, 0.717) is 12.1 Å². The molecule has 0 aliphatic rings. The highest BCUT2D eigenvalue weighted by molar-refractivity contribution is 5.37. The summed E-state index contributed by atoms with van der Waals surface area (Å²) in [4.78, 5) is 0. The molecule has 2 aromatic rings. The lowest BCUT2D eigenvalue weighted by atomic mass is 9.95. The molecule has 0 aliphatic heterocycles. The number of benzene rings is 2. The van der Waals surface area contributed by atoms with Crippen molar-refractivity contribution in [3.63, 3.8) is 0 Å². The lowest BCUT2D eigenvalue weighted by molar-refractivity contribution is 0.485. The van der Waals surface area contributed by atoms with Crippen molar-refractivity contribution in [2.24, 2.45) is 0 Å². The Morgan fingerprint density at radius 2 is 1.71 bits per heavy atom. The van der Waals surface area contributed by atoms with Crippen LogP contribution in [-0.2, 0) is 0 Å². The van der Waals surface area contributed by atoms with Gasteiger partial charge in [0.25, 0.3) is 0 Å². The minimum Gasteiger partial charge on any atom is -0.306 e. The zero-order valence-corrected chi connectivity index (χ0v) is 12.1. The Kier molecular flexibility index (Phi) is 5.02. The molecule has 0 fully saturated rings. The first-order valence-electron chi connectivity index (χ1n) is 6.98. The molecule has 2 aromatic carbocycles. The second-order valence-electron chi connectivity index (χ2n) is 5.00. The molecule has 0 aliphatic carbocycles. The molecule has 21 heavy (non-hydrogen) atoms. The SMILES string of the molecule is CCCNC(c1ccccc1F)c1c(F)ccc(C)c1F. The van der Waals surface area contributed by atoms with E-state index < -0.39 is 23.5 Å². The Labute approximate surface area is 122 Å². The van der Waals surface area contributed by atoms with E-state index >= 15 is 0 Å². The van der Waals surface area contributed by atoms with Crippen LogP contribution >= 0.6 is 0 Å². The molecule has 1 N–H and O–H groups in total. The van der Waals surface area contributed by atoms with Gasteiger partial charge in [-0.05, 0) is 37.6 Å². The standard InChI is InChI=1S/C17H18F3N/c1-3-10-21-17(12-6-4-5-7-13(12)18)15-14(19)9-8-11(2)16(15)20/h4-9,17,21H,3,10H2,1-2H3. The topological polar surface area (TPSA) is 12.0 Å². The molecule has 0 aromatic heterocycles. The van der Waals surface area contributed by atoms with Gasteiger partial charge in [-0.1, -0.05) is 31.2 Å². The number of hydrogen-bond donors (Lipinski definition) is 1. The number of nitrogens with one attached hydrogen (secondary N) is 1. The zero-order valence-electron chi connectivity index (χ0n) is 12.1. The van der Waals surface area contributed by atoms with Gasteiger partial charge in [0.05, 0.1) is 6.04 Å². The van der Waals surface area contributed by atoms with E-state index in [1.54, 1.807) is 25.1 Å². The first-order valence-corrected chi connectivity index (χ1v) is 6.98. The fourth-order valence-corrected chi connectivity index (χ4v) is 2.31. The third-order valence-electron chi connectivity index (χ3n) is 3.42. The maximum atomic E-state index is 14.4. The van der Waals surface area contributed by atoms with Crippen molar-refractivity contribution in [2.45, 2.75) is 26.3 Å². The van der Waals surface area contributed by atoms with Crippen LogP contribution in [0, 0.1) is 24.4 Å². The van der Waals surface area contributed by atoms with Gasteiger partial charge in [-0.2, -0.15) is 0 Å². The van der Waals surface area contributed by atoms with Crippen molar-refractivity contribution in [2.75, 3.05) is 6.54 Å². The van der Waals surface area contributed by atoms with Crippen LogP contribution in [0.4, 0.5) is 13.2 Å². The third-order valence-corrected chi connectivity index (χ3v) is 3.42. The second kappa shape index (κ2) is 6.76. The molecule has 0 heterocycles. The van der Waals surface area contributed by atoms with Crippen LogP contribution in [0.2, 0.25) is 0 Å². The predicted molar refractivity (Wildman–Crippen MR) is 77.6 cm³/mol. The maximum absolute atomic E-state index is 14.4.